The van der Waals surface area contributed by atoms with Crippen LogP contribution in [0.25, 0.3) is 0 Å². The van der Waals surface area contributed by atoms with Gasteiger partial charge in [0.15, 0.2) is 0 Å². The standard InChI is InChI=1S/C14H20FN3S/c15-12-10-11(14(16)19)4-5-13(12)17-6-3-9-18-7-1-2-8-18/h4-5,10,17H,1-3,6-9H2,(H2,16,19). The summed E-state index contributed by atoms with van der Waals surface area (Å²) < 4.78 is 13.8. The third kappa shape index (κ3) is 4.14. The Kier molecular flexibility index (Phi) is 5.10. The van der Waals surface area contributed by atoms with Crippen LogP contribution in [-0.2, 0) is 0 Å². The van der Waals surface area contributed by atoms with Gasteiger partial charge in [0.25, 0.3) is 0 Å². The van der Waals surface area contributed by atoms with Gasteiger partial charge in [0.05, 0.1) is 5.69 Å². The maximum Gasteiger partial charge on any atom is 0.146 e. The molecule has 0 radical (unpaired) electrons. The van der Waals surface area contributed by atoms with Crippen molar-refractivity contribution in [2.24, 2.45) is 5.73 Å². The van der Waals surface area contributed by atoms with Gasteiger partial charge in [-0.2, -0.15) is 0 Å². The Labute approximate surface area is 119 Å². The van der Waals surface area contributed by atoms with Gasteiger partial charge in [0.2, 0.25) is 0 Å². The van der Waals surface area contributed by atoms with Crippen LogP contribution in [0, 0.1) is 5.82 Å². The minimum atomic E-state index is -0.300. The largest absolute Gasteiger partial charge is 0.389 e. The Hall–Kier alpha value is -1.20. The van der Waals surface area contributed by atoms with Gasteiger partial charge in [-0.25, -0.2) is 4.39 Å². The van der Waals surface area contributed by atoms with Crippen LogP contribution in [0.5, 0.6) is 0 Å². The van der Waals surface area contributed by atoms with E-state index in [1.165, 1.54) is 32.0 Å². The zero-order chi connectivity index (χ0) is 13.7. The fraction of sp³-hybridized carbons (Fsp3) is 0.500. The SMILES string of the molecule is NC(=S)c1ccc(NCCCN2CCCC2)c(F)c1. The maximum absolute atomic E-state index is 13.8. The first-order valence-electron chi connectivity index (χ1n) is 6.72. The van der Waals surface area contributed by atoms with Gasteiger partial charge in [-0.15, -0.1) is 0 Å². The van der Waals surface area contributed by atoms with E-state index in [9.17, 15) is 4.39 Å². The lowest BCUT2D eigenvalue weighted by Gasteiger charge is -2.15. The minimum absolute atomic E-state index is 0.222. The van der Waals surface area contributed by atoms with Crippen molar-refractivity contribution in [3.05, 3.63) is 29.6 Å². The number of rotatable bonds is 6. The second-order valence-corrected chi connectivity index (χ2v) is 5.33. The van der Waals surface area contributed by atoms with E-state index in [4.69, 9.17) is 18.0 Å². The van der Waals surface area contributed by atoms with Gasteiger partial charge >= 0.3 is 0 Å². The van der Waals surface area contributed by atoms with Crippen molar-refractivity contribution in [2.45, 2.75) is 19.3 Å². The number of nitrogens with one attached hydrogen (secondary N) is 1. The van der Waals surface area contributed by atoms with Crippen molar-refractivity contribution < 1.29 is 4.39 Å². The molecule has 0 atom stereocenters. The van der Waals surface area contributed by atoms with E-state index in [0.717, 1.165) is 19.5 Å². The Morgan fingerprint density at radius 2 is 2.11 bits per heavy atom. The van der Waals surface area contributed by atoms with E-state index in [2.05, 4.69) is 10.2 Å². The first kappa shape index (κ1) is 14.2. The Bertz CT molecular complexity index is 444. The lowest BCUT2D eigenvalue weighted by molar-refractivity contribution is 0.337. The van der Waals surface area contributed by atoms with Crippen LogP contribution >= 0.6 is 12.2 Å². The first-order chi connectivity index (χ1) is 9.16. The van der Waals surface area contributed by atoms with E-state index < -0.39 is 0 Å². The molecule has 0 bridgehead atoms. The summed E-state index contributed by atoms with van der Waals surface area (Å²) in [4.78, 5) is 2.67. The number of nitrogens with two attached hydrogens (primary N) is 1. The molecule has 0 aromatic heterocycles. The van der Waals surface area contributed by atoms with Crippen molar-refractivity contribution in [1.29, 1.82) is 0 Å². The Morgan fingerprint density at radius 1 is 1.37 bits per heavy atom. The molecule has 1 aromatic carbocycles. The molecule has 0 amide bonds. The van der Waals surface area contributed by atoms with Gasteiger partial charge in [-0.05, 0) is 57.1 Å². The number of anilines is 1. The van der Waals surface area contributed by atoms with Crippen LogP contribution in [0.4, 0.5) is 10.1 Å². The van der Waals surface area contributed by atoms with E-state index >= 15 is 0 Å². The van der Waals surface area contributed by atoms with Crippen LogP contribution in [0.3, 0.4) is 0 Å². The molecule has 1 aromatic rings. The molecule has 3 nitrogen and oxygen atoms in total. The fourth-order valence-corrected chi connectivity index (χ4v) is 2.47. The van der Waals surface area contributed by atoms with Crippen molar-refractivity contribution in [3.63, 3.8) is 0 Å². The number of hydrogen-bond donors (Lipinski definition) is 2. The Balaban J connectivity index is 1.77. The number of hydrogen-bond acceptors (Lipinski definition) is 3. The van der Waals surface area contributed by atoms with Crippen molar-refractivity contribution in [1.82, 2.24) is 4.90 Å². The van der Waals surface area contributed by atoms with E-state index in [0.29, 0.717) is 11.3 Å². The average molecular weight is 281 g/mol. The highest BCUT2D eigenvalue weighted by atomic mass is 32.1. The third-order valence-electron chi connectivity index (χ3n) is 3.42. The summed E-state index contributed by atoms with van der Waals surface area (Å²) in [5.41, 5.74) is 6.54. The highest BCUT2D eigenvalue weighted by Crippen LogP contribution is 2.16. The predicted molar refractivity (Wildman–Crippen MR) is 81.1 cm³/mol. The zero-order valence-electron chi connectivity index (χ0n) is 11.0. The molecule has 0 spiro atoms. The lowest BCUT2D eigenvalue weighted by atomic mass is 10.2. The van der Waals surface area contributed by atoms with Crippen molar-refractivity contribution in [3.8, 4) is 0 Å². The number of halogens is 1. The molecular formula is C14H20FN3S. The third-order valence-corrected chi connectivity index (χ3v) is 3.65. The number of nitrogens with zero attached hydrogens (tertiary/aromatic N) is 1. The first-order valence-corrected chi connectivity index (χ1v) is 7.13. The second kappa shape index (κ2) is 6.82. The van der Waals surface area contributed by atoms with Crippen LogP contribution in [0.1, 0.15) is 24.8 Å². The minimum Gasteiger partial charge on any atom is -0.389 e. The van der Waals surface area contributed by atoms with Gasteiger partial charge in [0, 0.05) is 12.1 Å². The van der Waals surface area contributed by atoms with E-state index in [1.807, 2.05) is 0 Å². The van der Waals surface area contributed by atoms with Gasteiger partial charge in [-0.3, -0.25) is 0 Å². The topological polar surface area (TPSA) is 41.3 Å². The van der Waals surface area contributed by atoms with Crippen LogP contribution in [0.2, 0.25) is 0 Å². The fourth-order valence-electron chi connectivity index (χ4n) is 2.34. The molecule has 1 saturated heterocycles. The summed E-state index contributed by atoms with van der Waals surface area (Å²) in [6.45, 7) is 4.27. The van der Waals surface area contributed by atoms with Crippen molar-refractivity contribution >= 4 is 22.9 Å². The van der Waals surface area contributed by atoms with Gasteiger partial charge in [-0.1, -0.05) is 12.2 Å². The van der Waals surface area contributed by atoms with Gasteiger partial charge in [0.1, 0.15) is 10.8 Å². The summed E-state index contributed by atoms with van der Waals surface area (Å²) in [5.74, 6) is -0.300. The molecule has 1 aliphatic heterocycles. The molecule has 3 N–H and O–H groups in total. The molecule has 0 unspecified atom stereocenters. The number of thiocarbonyl (C=S) groups is 1. The summed E-state index contributed by atoms with van der Waals surface area (Å²) in [5, 5.41) is 3.12. The van der Waals surface area contributed by atoms with Gasteiger partial charge < -0.3 is 16.0 Å². The van der Waals surface area contributed by atoms with Crippen molar-refractivity contribution in [2.75, 3.05) is 31.5 Å². The molecular weight excluding hydrogens is 261 g/mol. The molecule has 0 aliphatic carbocycles. The van der Waals surface area contributed by atoms with Crippen LogP contribution < -0.4 is 11.1 Å². The summed E-state index contributed by atoms with van der Waals surface area (Å²) in [6, 6.07) is 4.82. The van der Waals surface area contributed by atoms with E-state index in [-0.39, 0.29) is 10.8 Å². The highest BCUT2D eigenvalue weighted by Gasteiger charge is 2.10. The number of likely N-dealkylation sites (tertiary alicyclic amines) is 1. The molecule has 104 valence electrons. The quantitative estimate of drug-likeness (QED) is 0.620. The Morgan fingerprint density at radius 3 is 2.74 bits per heavy atom. The summed E-state index contributed by atoms with van der Waals surface area (Å²) in [7, 11) is 0. The molecule has 5 heteroatoms. The summed E-state index contributed by atoms with van der Waals surface area (Å²) in [6.07, 6.45) is 3.64. The summed E-state index contributed by atoms with van der Waals surface area (Å²) >= 11 is 4.82. The lowest BCUT2D eigenvalue weighted by Crippen LogP contribution is -2.22. The van der Waals surface area contributed by atoms with Crippen LogP contribution in [-0.4, -0.2) is 36.1 Å². The molecule has 1 fully saturated rings. The average Bonchev–Trinajstić information content (AvgIpc) is 2.89. The highest BCUT2D eigenvalue weighted by molar-refractivity contribution is 7.80. The second-order valence-electron chi connectivity index (χ2n) is 4.89. The van der Waals surface area contributed by atoms with E-state index in [1.54, 1.807) is 12.1 Å². The molecule has 19 heavy (non-hydrogen) atoms. The molecule has 1 aliphatic rings. The maximum atomic E-state index is 13.8. The number of benzene rings is 1. The molecule has 2 rings (SSSR count). The van der Waals surface area contributed by atoms with Crippen LogP contribution in [0.15, 0.2) is 18.2 Å². The predicted octanol–water partition coefficient (Wildman–Crippen LogP) is 2.36. The molecule has 0 saturated carbocycles. The monoisotopic (exact) mass is 281 g/mol. The normalized spacial score (nSPS) is 15.6. The molecule has 1 heterocycles. The zero-order valence-corrected chi connectivity index (χ0v) is 11.8. The smallest absolute Gasteiger partial charge is 0.146 e.